The van der Waals surface area contributed by atoms with Crippen LogP contribution in [0, 0.1) is 5.41 Å². The molecule has 0 N–H and O–H groups in total. The first-order chi connectivity index (χ1) is 5.24. The third-order valence-electron chi connectivity index (χ3n) is 2.66. The largest absolute Gasteiger partial charge is 0.126 e. The molecule has 0 aliphatic rings. The molecule has 0 atom stereocenters. The van der Waals surface area contributed by atoms with E-state index in [-0.39, 0.29) is 0 Å². The minimum atomic E-state index is 0.371. The highest BCUT2D eigenvalue weighted by Crippen LogP contribution is 2.33. The molecule has 0 fully saturated rings. The van der Waals surface area contributed by atoms with Gasteiger partial charge in [-0.25, -0.2) is 0 Å². The summed E-state index contributed by atoms with van der Waals surface area (Å²) in [6.45, 7) is 8.16. The minimum absolute atomic E-state index is 0.371. The van der Waals surface area contributed by atoms with Crippen LogP contribution in [0.2, 0.25) is 0 Å². The van der Waals surface area contributed by atoms with Crippen molar-refractivity contribution in [3.05, 3.63) is 12.7 Å². The zero-order chi connectivity index (χ0) is 8.74. The van der Waals surface area contributed by atoms with Gasteiger partial charge in [0, 0.05) is 5.88 Å². The molecule has 0 nitrogen and oxygen atoms in total. The molecule has 0 saturated heterocycles. The first-order valence-electron chi connectivity index (χ1n) is 4.41. The Morgan fingerprint density at radius 3 is 2.18 bits per heavy atom. The fraction of sp³-hybridized carbons (Fsp3) is 0.800. The van der Waals surface area contributed by atoms with Crippen molar-refractivity contribution in [1.29, 1.82) is 0 Å². The number of alkyl halides is 1. The summed E-state index contributed by atoms with van der Waals surface area (Å²) < 4.78 is 0. The van der Waals surface area contributed by atoms with Crippen molar-refractivity contribution in [3.8, 4) is 0 Å². The van der Waals surface area contributed by atoms with Crippen LogP contribution in [0.15, 0.2) is 12.7 Å². The highest BCUT2D eigenvalue weighted by atomic mass is 35.5. The number of hydrogen-bond donors (Lipinski definition) is 0. The normalized spacial score (nSPS) is 11.5. The Morgan fingerprint density at radius 1 is 1.36 bits per heavy atom. The quantitative estimate of drug-likeness (QED) is 0.422. The molecule has 0 amide bonds. The topological polar surface area (TPSA) is 0 Å². The molecule has 0 aliphatic heterocycles. The Labute approximate surface area is 75.6 Å². The molecule has 0 heterocycles. The van der Waals surface area contributed by atoms with Crippen molar-refractivity contribution in [1.82, 2.24) is 0 Å². The van der Waals surface area contributed by atoms with Gasteiger partial charge in [0.05, 0.1) is 0 Å². The highest BCUT2D eigenvalue weighted by Gasteiger charge is 2.23. The zero-order valence-corrected chi connectivity index (χ0v) is 8.45. The lowest BCUT2D eigenvalue weighted by Crippen LogP contribution is -2.20. The van der Waals surface area contributed by atoms with Crippen LogP contribution in [-0.4, -0.2) is 5.88 Å². The number of hydrogen-bond acceptors (Lipinski definition) is 0. The predicted octanol–water partition coefficient (Wildman–Crippen LogP) is 4.00. The lowest BCUT2D eigenvalue weighted by Gasteiger charge is -2.28. The maximum absolute atomic E-state index is 5.93. The predicted molar refractivity (Wildman–Crippen MR) is 53.2 cm³/mol. The van der Waals surface area contributed by atoms with Crippen LogP contribution < -0.4 is 0 Å². The standard InChI is InChI=1S/C10H19Cl/c1-4-7-8-10(5-2,6-3)9-11/h4H,1,5-9H2,2-3H3. The Hall–Kier alpha value is 0.0300. The second-order valence-electron chi connectivity index (χ2n) is 3.17. The molecule has 0 radical (unpaired) electrons. The van der Waals surface area contributed by atoms with E-state index in [2.05, 4.69) is 20.4 Å². The van der Waals surface area contributed by atoms with Crippen molar-refractivity contribution in [2.75, 3.05) is 5.88 Å². The lowest BCUT2D eigenvalue weighted by molar-refractivity contribution is 0.281. The molecular weight excluding hydrogens is 156 g/mol. The lowest BCUT2D eigenvalue weighted by atomic mass is 9.80. The van der Waals surface area contributed by atoms with Crippen LogP contribution in [0.4, 0.5) is 0 Å². The molecule has 0 aromatic carbocycles. The van der Waals surface area contributed by atoms with Gasteiger partial charge in [-0.3, -0.25) is 0 Å². The molecule has 0 aromatic heterocycles. The molecule has 1 heteroatoms. The Bertz CT molecular complexity index is 95.2. The average molecular weight is 175 g/mol. The van der Waals surface area contributed by atoms with Crippen molar-refractivity contribution in [2.24, 2.45) is 5.41 Å². The summed E-state index contributed by atoms with van der Waals surface area (Å²) in [6.07, 6.45) is 6.62. The maximum Gasteiger partial charge on any atom is 0.0279 e. The summed E-state index contributed by atoms with van der Waals surface area (Å²) in [5.74, 6) is 0.786. The van der Waals surface area contributed by atoms with E-state index in [0.29, 0.717) is 5.41 Å². The second kappa shape index (κ2) is 5.65. The SMILES string of the molecule is C=CCCC(CC)(CC)CCl. The van der Waals surface area contributed by atoms with Gasteiger partial charge in [0.1, 0.15) is 0 Å². The van der Waals surface area contributed by atoms with Gasteiger partial charge in [-0.1, -0.05) is 19.9 Å². The van der Waals surface area contributed by atoms with Crippen LogP contribution in [0.5, 0.6) is 0 Å². The van der Waals surface area contributed by atoms with E-state index < -0.39 is 0 Å². The Kier molecular flexibility index (Phi) is 5.67. The van der Waals surface area contributed by atoms with Crippen molar-refractivity contribution < 1.29 is 0 Å². The van der Waals surface area contributed by atoms with Crippen LogP contribution in [0.1, 0.15) is 39.5 Å². The smallest absolute Gasteiger partial charge is 0.0279 e. The first-order valence-corrected chi connectivity index (χ1v) is 4.95. The van der Waals surface area contributed by atoms with E-state index in [0.717, 1.165) is 12.3 Å². The van der Waals surface area contributed by atoms with Gasteiger partial charge < -0.3 is 0 Å². The van der Waals surface area contributed by atoms with Gasteiger partial charge in [0.2, 0.25) is 0 Å². The third kappa shape index (κ3) is 3.29. The summed E-state index contributed by atoms with van der Waals surface area (Å²) in [5, 5.41) is 0. The first kappa shape index (κ1) is 11.0. The zero-order valence-electron chi connectivity index (χ0n) is 7.70. The molecule has 0 spiro atoms. The molecule has 0 aromatic rings. The Morgan fingerprint density at radius 2 is 1.91 bits per heavy atom. The van der Waals surface area contributed by atoms with Gasteiger partial charge in [0.15, 0.2) is 0 Å². The van der Waals surface area contributed by atoms with Gasteiger partial charge in [-0.05, 0) is 31.1 Å². The van der Waals surface area contributed by atoms with Crippen LogP contribution >= 0.6 is 11.6 Å². The van der Waals surface area contributed by atoms with E-state index in [1.54, 1.807) is 0 Å². The monoisotopic (exact) mass is 174 g/mol. The minimum Gasteiger partial charge on any atom is -0.126 e. The van der Waals surface area contributed by atoms with Crippen molar-refractivity contribution in [2.45, 2.75) is 39.5 Å². The fourth-order valence-corrected chi connectivity index (χ4v) is 1.78. The van der Waals surface area contributed by atoms with E-state index >= 15 is 0 Å². The van der Waals surface area contributed by atoms with Crippen LogP contribution in [-0.2, 0) is 0 Å². The molecule has 0 saturated carbocycles. The average Bonchev–Trinajstić information content (AvgIpc) is 2.08. The van der Waals surface area contributed by atoms with Gasteiger partial charge in [0.25, 0.3) is 0 Å². The molecule has 0 unspecified atom stereocenters. The van der Waals surface area contributed by atoms with E-state index in [9.17, 15) is 0 Å². The number of allylic oxidation sites excluding steroid dienone is 1. The van der Waals surface area contributed by atoms with Crippen molar-refractivity contribution >= 4 is 11.6 Å². The summed E-state index contributed by atoms with van der Waals surface area (Å²) >= 11 is 5.93. The number of rotatable bonds is 6. The third-order valence-corrected chi connectivity index (χ3v) is 3.23. The summed E-state index contributed by atoms with van der Waals surface area (Å²) in [5.41, 5.74) is 0.371. The van der Waals surface area contributed by atoms with E-state index in [4.69, 9.17) is 11.6 Å². The van der Waals surface area contributed by atoms with Gasteiger partial charge >= 0.3 is 0 Å². The van der Waals surface area contributed by atoms with Crippen molar-refractivity contribution in [3.63, 3.8) is 0 Å². The summed E-state index contributed by atoms with van der Waals surface area (Å²) in [7, 11) is 0. The molecule has 11 heavy (non-hydrogen) atoms. The van der Waals surface area contributed by atoms with Crippen LogP contribution in [0.3, 0.4) is 0 Å². The highest BCUT2D eigenvalue weighted by molar-refractivity contribution is 6.18. The Balaban J connectivity index is 3.93. The van der Waals surface area contributed by atoms with Crippen LogP contribution in [0.25, 0.3) is 0 Å². The van der Waals surface area contributed by atoms with Gasteiger partial charge in [-0.2, -0.15) is 0 Å². The van der Waals surface area contributed by atoms with E-state index in [1.807, 2.05) is 6.08 Å². The van der Waals surface area contributed by atoms with E-state index in [1.165, 1.54) is 19.3 Å². The molecule has 0 rings (SSSR count). The van der Waals surface area contributed by atoms with Gasteiger partial charge in [-0.15, -0.1) is 18.2 Å². The fourth-order valence-electron chi connectivity index (χ4n) is 1.27. The molecule has 0 aliphatic carbocycles. The molecule has 66 valence electrons. The maximum atomic E-state index is 5.93. The second-order valence-corrected chi connectivity index (χ2v) is 3.44. The molecular formula is C10H19Cl. The summed E-state index contributed by atoms with van der Waals surface area (Å²) in [6, 6.07) is 0. The number of halogens is 1. The molecule has 0 bridgehead atoms. The summed E-state index contributed by atoms with van der Waals surface area (Å²) in [4.78, 5) is 0.